The minimum absolute atomic E-state index is 0.274. The molecule has 1 rings (SSSR count). The summed E-state index contributed by atoms with van der Waals surface area (Å²) in [6.45, 7) is 2.47. The number of hydrogen-bond donors (Lipinski definition) is 1. The number of rotatable bonds is 5. The fraction of sp³-hybridized carbons (Fsp3) is 0.833. The number of aliphatic hydroxyl groups is 1. The molecule has 0 unspecified atom stereocenters. The predicted octanol–water partition coefficient (Wildman–Crippen LogP) is 3.29. The summed E-state index contributed by atoms with van der Waals surface area (Å²) in [7, 11) is 0. The first-order valence-electron chi connectivity index (χ1n) is 5.67. The molecule has 1 aliphatic carbocycles. The molecule has 0 radical (unpaired) electrons. The van der Waals surface area contributed by atoms with Crippen molar-refractivity contribution >= 4 is 0 Å². The lowest BCUT2D eigenvalue weighted by molar-refractivity contribution is 0.324. The zero-order valence-electron chi connectivity index (χ0n) is 8.76. The molecule has 0 atom stereocenters. The molecule has 0 bridgehead atoms. The highest BCUT2D eigenvalue weighted by Gasteiger charge is 2.12. The van der Waals surface area contributed by atoms with Gasteiger partial charge in [0.2, 0.25) is 0 Å². The second-order valence-electron chi connectivity index (χ2n) is 4.13. The van der Waals surface area contributed by atoms with E-state index in [0.29, 0.717) is 0 Å². The molecule has 0 aromatic rings. The average Bonchev–Trinajstić information content (AvgIpc) is 2.64. The molecule has 0 heterocycles. The Kier molecular flexibility index (Phi) is 5.14. The van der Waals surface area contributed by atoms with Crippen molar-refractivity contribution in [2.45, 2.75) is 51.9 Å². The second-order valence-corrected chi connectivity index (χ2v) is 4.13. The van der Waals surface area contributed by atoms with Crippen LogP contribution in [0.3, 0.4) is 0 Å². The number of allylic oxidation sites excluding steroid dienone is 1. The molecule has 1 fully saturated rings. The predicted molar refractivity (Wildman–Crippen MR) is 56.7 cm³/mol. The second kappa shape index (κ2) is 6.20. The van der Waals surface area contributed by atoms with Gasteiger partial charge < -0.3 is 5.11 Å². The highest BCUT2D eigenvalue weighted by Crippen LogP contribution is 2.27. The summed E-state index contributed by atoms with van der Waals surface area (Å²) >= 11 is 0. The maximum Gasteiger partial charge on any atom is 0.0641 e. The van der Waals surface area contributed by atoms with E-state index in [1.165, 1.54) is 44.1 Å². The molecule has 0 aromatic heterocycles. The molecular weight excluding hydrogens is 160 g/mol. The van der Waals surface area contributed by atoms with Gasteiger partial charge in [-0.2, -0.15) is 0 Å². The Morgan fingerprint density at radius 1 is 1.38 bits per heavy atom. The van der Waals surface area contributed by atoms with E-state index in [0.717, 1.165) is 12.3 Å². The molecule has 1 nitrogen and oxygen atoms in total. The number of hydrogen-bond acceptors (Lipinski definition) is 1. The molecule has 0 aliphatic heterocycles. The zero-order chi connectivity index (χ0) is 9.52. The van der Waals surface area contributed by atoms with Crippen LogP contribution >= 0.6 is 0 Å². The third-order valence-corrected chi connectivity index (χ3v) is 2.93. The summed E-state index contributed by atoms with van der Waals surface area (Å²) < 4.78 is 0. The Bertz CT molecular complexity index is 155. The van der Waals surface area contributed by atoms with E-state index < -0.39 is 0 Å². The number of unbranched alkanes of at least 4 members (excludes halogenated alkanes) is 1. The molecular formula is C12H22O. The van der Waals surface area contributed by atoms with Crippen molar-refractivity contribution in [3.05, 3.63) is 11.6 Å². The van der Waals surface area contributed by atoms with Gasteiger partial charge in [-0.25, -0.2) is 0 Å². The van der Waals surface area contributed by atoms with E-state index in [4.69, 9.17) is 5.11 Å². The van der Waals surface area contributed by atoms with E-state index in [9.17, 15) is 0 Å². The van der Waals surface area contributed by atoms with Crippen molar-refractivity contribution in [1.82, 2.24) is 0 Å². The van der Waals surface area contributed by atoms with Crippen molar-refractivity contribution in [1.29, 1.82) is 0 Å². The lowest BCUT2D eigenvalue weighted by Gasteiger charge is -2.07. The van der Waals surface area contributed by atoms with Crippen molar-refractivity contribution in [3.8, 4) is 0 Å². The molecule has 1 saturated carbocycles. The van der Waals surface area contributed by atoms with Gasteiger partial charge in [0.05, 0.1) is 6.61 Å². The average molecular weight is 182 g/mol. The van der Waals surface area contributed by atoms with Crippen LogP contribution in [0.2, 0.25) is 0 Å². The van der Waals surface area contributed by atoms with Gasteiger partial charge in [0.1, 0.15) is 0 Å². The molecule has 0 saturated heterocycles. The third-order valence-electron chi connectivity index (χ3n) is 2.93. The van der Waals surface area contributed by atoms with E-state index in [1.807, 2.05) is 0 Å². The van der Waals surface area contributed by atoms with Crippen LogP contribution in [0.15, 0.2) is 11.6 Å². The zero-order valence-corrected chi connectivity index (χ0v) is 8.76. The molecule has 1 N–H and O–H groups in total. The first-order chi connectivity index (χ1) is 6.36. The van der Waals surface area contributed by atoms with Gasteiger partial charge >= 0.3 is 0 Å². The Morgan fingerprint density at radius 2 is 2.08 bits per heavy atom. The van der Waals surface area contributed by atoms with Crippen LogP contribution in [0.5, 0.6) is 0 Å². The van der Waals surface area contributed by atoms with Gasteiger partial charge in [0, 0.05) is 0 Å². The maximum absolute atomic E-state index is 9.14. The summed E-state index contributed by atoms with van der Waals surface area (Å²) in [5, 5.41) is 9.14. The topological polar surface area (TPSA) is 20.2 Å². The maximum atomic E-state index is 9.14. The van der Waals surface area contributed by atoms with Gasteiger partial charge in [0.15, 0.2) is 0 Å². The quantitative estimate of drug-likeness (QED) is 0.647. The van der Waals surface area contributed by atoms with Gasteiger partial charge in [-0.3, -0.25) is 0 Å². The fourth-order valence-corrected chi connectivity index (χ4v) is 2.08. The van der Waals surface area contributed by atoms with E-state index in [2.05, 4.69) is 13.0 Å². The van der Waals surface area contributed by atoms with Crippen molar-refractivity contribution < 1.29 is 5.11 Å². The van der Waals surface area contributed by atoms with Crippen LogP contribution in [-0.4, -0.2) is 11.7 Å². The largest absolute Gasteiger partial charge is 0.392 e. The first kappa shape index (κ1) is 10.8. The van der Waals surface area contributed by atoms with Crippen LogP contribution in [-0.2, 0) is 0 Å². The summed E-state index contributed by atoms with van der Waals surface area (Å²) in [5.74, 6) is 0.777. The van der Waals surface area contributed by atoms with E-state index in [-0.39, 0.29) is 6.61 Å². The Morgan fingerprint density at radius 3 is 2.62 bits per heavy atom. The summed E-state index contributed by atoms with van der Waals surface area (Å²) in [5.41, 5.74) is 1.27. The number of aliphatic hydroxyl groups excluding tert-OH is 1. The van der Waals surface area contributed by atoms with Crippen LogP contribution < -0.4 is 0 Å². The van der Waals surface area contributed by atoms with Crippen LogP contribution in [0.4, 0.5) is 0 Å². The minimum atomic E-state index is 0.274. The highest BCUT2D eigenvalue weighted by atomic mass is 16.3. The van der Waals surface area contributed by atoms with Crippen LogP contribution in [0.1, 0.15) is 51.9 Å². The lowest BCUT2D eigenvalue weighted by atomic mass is 10.0. The molecule has 0 spiro atoms. The summed E-state index contributed by atoms with van der Waals surface area (Å²) in [6, 6.07) is 0. The Labute approximate surface area is 81.9 Å². The lowest BCUT2D eigenvalue weighted by Crippen LogP contribution is -1.96. The standard InChI is InChI=1S/C12H22O/c1-2-3-6-12(10-13)9-11-7-4-5-8-11/h9,11,13H,2-8,10H2,1H3/b12-9+. The molecule has 1 heteroatoms. The van der Waals surface area contributed by atoms with Gasteiger partial charge in [-0.1, -0.05) is 32.3 Å². The molecule has 0 amide bonds. The minimum Gasteiger partial charge on any atom is -0.392 e. The molecule has 0 aromatic carbocycles. The Balaban J connectivity index is 2.33. The van der Waals surface area contributed by atoms with E-state index >= 15 is 0 Å². The van der Waals surface area contributed by atoms with Crippen LogP contribution in [0, 0.1) is 5.92 Å². The molecule has 13 heavy (non-hydrogen) atoms. The van der Waals surface area contributed by atoms with Crippen molar-refractivity contribution in [2.24, 2.45) is 5.92 Å². The molecule has 1 aliphatic rings. The van der Waals surface area contributed by atoms with Crippen molar-refractivity contribution in [2.75, 3.05) is 6.61 Å². The fourth-order valence-electron chi connectivity index (χ4n) is 2.08. The normalized spacial score (nSPS) is 19.7. The first-order valence-corrected chi connectivity index (χ1v) is 5.67. The summed E-state index contributed by atoms with van der Waals surface area (Å²) in [6.07, 6.45) is 11.3. The van der Waals surface area contributed by atoms with Gasteiger partial charge in [0.25, 0.3) is 0 Å². The summed E-state index contributed by atoms with van der Waals surface area (Å²) in [4.78, 5) is 0. The SMILES string of the molecule is CCCC/C(=C\C1CCCC1)CO. The van der Waals surface area contributed by atoms with Gasteiger partial charge in [-0.05, 0) is 37.2 Å². The van der Waals surface area contributed by atoms with Gasteiger partial charge in [-0.15, -0.1) is 0 Å². The smallest absolute Gasteiger partial charge is 0.0641 e. The third kappa shape index (κ3) is 3.95. The highest BCUT2D eigenvalue weighted by molar-refractivity contribution is 5.05. The van der Waals surface area contributed by atoms with Crippen molar-refractivity contribution in [3.63, 3.8) is 0 Å². The molecule has 76 valence electrons. The Hall–Kier alpha value is -0.300. The monoisotopic (exact) mass is 182 g/mol. The van der Waals surface area contributed by atoms with Crippen LogP contribution in [0.25, 0.3) is 0 Å². The van der Waals surface area contributed by atoms with E-state index in [1.54, 1.807) is 0 Å².